The molecule has 7 heteroatoms. The molecule has 114 valence electrons. The third-order valence-corrected chi connectivity index (χ3v) is 2.79. The van der Waals surface area contributed by atoms with Crippen LogP contribution < -0.4 is 10.2 Å². The molecule has 0 fully saturated rings. The summed E-state index contributed by atoms with van der Waals surface area (Å²) in [5, 5.41) is 10.6. The van der Waals surface area contributed by atoms with Gasteiger partial charge in [-0.05, 0) is 31.0 Å². The summed E-state index contributed by atoms with van der Waals surface area (Å²) >= 11 is 0. The maximum Gasteiger partial charge on any atom is 0.328 e. The smallest absolute Gasteiger partial charge is 0.328 e. The van der Waals surface area contributed by atoms with Crippen LogP contribution in [0.4, 0.5) is 14.9 Å². The van der Waals surface area contributed by atoms with Crippen LogP contribution in [-0.4, -0.2) is 30.1 Å². The number of rotatable bonds is 6. The summed E-state index contributed by atoms with van der Waals surface area (Å²) in [6, 6.07) is 4.77. The molecule has 0 saturated heterocycles. The number of amides is 3. The van der Waals surface area contributed by atoms with Crippen LogP contribution in [0.5, 0.6) is 0 Å². The second kappa shape index (κ2) is 7.98. The van der Waals surface area contributed by atoms with E-state index >= 15 is 0 Å². The fraction of sp³-hybridized carbons (Fsp3) is 0.357. The molecular formula is C14H17FN2O4. The Kier molecular flexibility index (Phi) is 6.32. The van der Waals surface area contributed by atoms with Crippen molar-refractivity contribution < 1.29 is 23.9 Å². The van der Waals surface area contributed by atoms with E-state index in [1.165, 1.54) is 25.2 Å². The highest BCUT2D eigenvalue weighted by Gasteiger charge is 2.14. The number of carboxylic acid groups (broad SMARTS) is 1. The van der Waals surface area contributed by atoms with Crippen molar-refractivity contribution in [1.82, 2.24) is 5.32 Å². The molecule has 0 aliphatic rings. The number of halogens is 1. The van der Waals surface area contributed by atoms with Crippen LogP contribution in [0, 0.1) is 5.82 Å². The Labute approximate surface area is 121 Å². The van der Waals surface area contributed by atoms with Crippen LogP contribution in [0.3, 0.4) is 0 Å². The molecule has 2 N–H and O–H groups in total. The van der Waals surface area contributed by atoms with Crippen LogP contribution in [0.2, 0.25) is 0 Å². The van der Waals surface area contributed by atoms with Crippen molar-refractivity contribution in [2.24, 2.45) is 0 Å². The maximum absolute atomic E-state index is 13.1. The lowest BCUT2D eigenvalue weighted by Crippen LogP contribution is -2.40. The number of carbonyl (C=O) groups excluding carboxylic acids is 2. The minimum absolute atomic E-state index is 0.00950. The Hall–Kier alpha value is -2.44. The number of nitrogens with one attached hydrogen (secondary N) is 1. The van der Waals surface area contributed by atoms with Crippen molar-refractivity contribution in [3.63, 3.8) is 0 Å². The molecule has 0 aliphatic heterocycles. The molecule has 3 amide bonds. The molecule has 1 aromatic carbocycles. The zero-order chi connectivity index (χ0) is 15.8. The Morgan fingerprint density at radius 3 is 2.52 bits per heavy atom. The fourth-order valence-electron chi connectivity index (χ4n) is 1.63. The second-order valence-electron chi connectivity index (χ2n) is 4.49. The average molecular weight is 296 g/mol. The van der Waals surface area contributed by atoms with Gasteiger partial charge in [0.2, 0.25) is 5.91 Å². The number of imide groups is 1. The molecule has 0 aliphatic carbocycles. The molecule has 0 bridgehead atoms. The normalized spacial score (nSPS) is 10.0. The Balaban J connectivity index is 2.41. The summed E-state index contributed by atoms with van der Waals surface area (Å²) in [7, 11) is 1.42. The van der Waals surface area contributed by atoms with Crippen molar-refractivity contribution in [3.8, 4) is 0 Å². The van der Waals surface area contributed by atoms with E-state index < -0.39 is 23.7 Å². The molecule has 0 unspecified atom stereocenters. The number of aliphatic carboxylic acids is 1. The summed E-state index contributed by atoms with van der Waals surface area (Å²) in [5.74, 6) is -1.89. The number of nitrogens with zero attached hydrogens (tertiary/aromatic N) is 1. The SMILES string of the molecule is CN(C(=O)NC(=O)CCCCC(=O)O)c1cccc(F)c1. The Bertz CT molecular complexity index is 533. The molecule has 1 rings (SSSR count). The van der Waals surface area contributed by atoms with Gasteiger partial charge < -0.3 is 5.11 Å². The van der Waals surface area contributed by atoms with E-state index in [-0.39, 0.29) is 12.8 Å². The zero-order valence-electron chi connectivity index (χ0n) is 11.6. The second-order valence-corrected chi connectivity index (χ2v) is 4.49. The van der Waals surface area contributed by atoms with Gasteiger partial charge in [-0.1, -0.05) is 6.07 Å². The molecule has 21 heavy (non-hydrogen) atoms. The Morgan fingerprint density at radius 2 is 1.90 bits per heavy atom. The first kappa shape index (κ1) is 16.6. The lowest BCUT2D eigenvalue weighted by molar-refractivity contribution is -0.137. The van der Waals surface area contributed by atoms with Crippen LogP contribution in [0.25, 0.3) is 0 Å². The van der Waals surface area contributed by atoms with Gasteiger partial charge in [-0.25, -0.2) is 9.18 Å². The molecular weight excluding hydrogens is 279 g/mol. The van der Waals surface area contributed by atoms with E-state index in [1.54, 1.807) is 6.07 Å². The zero-order valence-corrected chi connectivity index (χ0v) is 11.6. The summed E-state index contributed by atoms with van der Waals surface area (Å²) in [6.07, 6.45) is 0.812. The number of hydrogen-bond donors (Lipinski definition) is 2. The van der Waals surface area contributed by atoms with Crippen molar-refractivity contribution in [2.75, 3.05) is 11.9 Å². The van der Waals surface area contributed by atoms with E-state index in [4.69, 9.17) is 5.11 Å². The third-order valence-electron chi connectivity index (χ3n) is 2.79. The number of urea groups is 1. The first-order valence-electron chi connectivity index (χ1n) is 6.45. The average Bonchev–Trinajstić information content (AvgIpc) is 2.42. The number of carbonyl (C=O) groups is 3. The highest BCUT2D eigenvalue weighted by atomic mass is 19.1. The topological polar surface area (TPSA) is 86.7 Å². The highest BCUT2D eigenvalue weighted by Crippen LogP contribution is 2.13. The van der Waals surface area contributed by atoms with Gasteiger partial charge in [-0.3, -0.25) is 19.8 Å². The summed E-state index contributed by atoms with van der Waals surface area (Å²) in [4.78, 5) is 34.7. The largest absolute Gasteiger partial charge is 0.481 e. The van der Waals surface area contributed by atoms with E-state index in [0.29, 0.717) is 18.5 Å². The monoisotopic (exact) mass is 296 g/mol. The van der Waals surface area contributed by atoms with Gasteiger partial charge >= 0.3 is 12.0 Å². The molecule has 0 atom stereocenters. The molecule has 6 nitrogen and oxygen atoms in total. The lowest BCUT2D eigenvalue weighted by Gasteiger charge is -2.17. The van der Waals surface area contributed by atoms with Gasteiger partial charge in [-0.15, -0.1) is 0 Å². The predicted octanol–water partition coefficient (Wildman–Crippen LogP) is 2.14. The van der Waals surface area contributed by atoms with Gasteiger partial charge in [0.05, 0.1) is 0 Å². The van der Waals surface area contributed by atoms with Crippen molar-refractivity contribution >= 4 is 23.6 Å². The first-order chi connectivity index (χ1) is 9.90. The molecule has 0 heterocycles. The van der Waals surface area contributed by atoms with Crippen LogP contribution >= 0.6 is 0 Å². The molecule has 0 radical (unpaired) electrons. The maximum atomic E-state index is 13.1. The number of hydrogen-bond acceptors (Lipinski definition) is 3. The number of benzene rings is 1. The predicted molar refractivity (Wildman–Crippen MR) is 74.4 cm³/mol. The van der Waals surface area contributed by atoms with Crippen molar-refractivity contribution in [2.45, 2.75) is 25.7 Å². The van der Waals surface area contributed by atoms with Gasteiger partial charge in [-0.2, -0.15) is 0 Å². The van der Waals surface area contributed by atoms with E-state index in [9.17, 15) is 18.8 Å². The minimum atomic E-state index is -0.919. The fourth-order valence-corrected chi connectivity index (χ4v) is 1.63. The summed E-state index contributed by atoms with van der Waals surface area (Å²) in [6.45, 7) is 0. The van der Waals surface area contributed by atoms with Crippen LogP contribution in [-0.2, 0) is 9.59 Å². The molecule has 0 saturated carbocycles. The molecule has 0 aromatic heterocycles. The highest BCUT2D eigenvalue weighted by molar-refractivity contribution is 6.02. The van der Waals surface area contributed by atoms with Gasteiger partial charge in [0.25, 0.3) is 0 Å². The molecule has 0 spiro atoms. The molecule has 1 aromatic rings. The lowest BCUT2D eigenvalue weighted by atomic mass is 10.2. The third kappa shape index (κ3) is 6.03. The van der Waals surface area contributed by atoms with Crippen LogP contribution in [0.15, 0.2) is 24.3 Å². The number of anilines is 1. The van der Waals surface area contributed by atoms with E-state index in [0.717, 1.165) is 4.90 Å². The van der Waals surface area contributed by atoms with Crippen molar-refractivity contribution in [3.05, 3.63) is 30.1 Å². The van der Waals surface area contributed by atoms with Gasteiger partial charge in [0, 0.05) is 25.6 Å². The first-order valence-corrected chi connectivity index (χ1v) is 6.45. The number of carboxylic acids is 1. The van der Waals surface area contributed by atoms with Crippen molar-refractivity contribution in [1.29, 1.82) is 0 Å². The summed E-state index contributed by atoms with van der Waals surface area (Å²) in [5.41, 5.74) is 0.325. The van der Waals surface area contributed by atoms with Gasteiger partial charge in [0.1, 0.15) is 5.82 Å². The minimum Gasteiger partial charge on any atom is -0.481 e. The Morgan fingerprint density at radius 1 is 1.24 bits per heavy atom. The van der Waals surface area contributed by atoms with Gasteiger partial charge in [0.15, 0.2) is 0 Å². The van der Waals surface area contributed by atoms with E-state index in [2.05, 4.69) is 5.32 Å². The standard InChI is InChI=1S/C14H17FN2O4/c1-17(11-6-4-5-10(15)9-11)14(21)16-12(18)7-2-3-8-13(19)20/h4-6,9H,2-3,7-8H2,1H3,(H,19,20)(H,16,18,21). The van der Waals surface area contributed by atoms with E-state index in [1.807, 2.05) is 0 Å². The number of unbranched alkanes of at least 4 members (excludes halogenated alkanes) is 1. The summed E-state index contributed by atoms with van der Waals surface area (Å²) < 4.78 is 13.1. The quantitative estimate of drug-likeness (QED) is 0.787. The van der Waals surface area contributed by atoms with Crippen LogP contribution in [0.1, 0.15) is 25.7 Å².